The van der Waals surface area contributed by atoms with Gasteiger partial charge in [-0.3, -0.25) is 4.79 Å². The van der Waals surface area contributed by atoms with Gasteiger partial charge in [0.05, 0.1) is 23.2 Å². The van der Waals surface area contributed by atoms with Crippen molar-refractivity contribution in [2.45, 2.75) is 37.8 Å². The number of fused-ring (bicyclic) bond motifs is 1. The van der Waals surface area contributed by atoms with Crippen LogP contribution in [0.2, 0.25) is 0 Å². The highest BCUT2D eigenvalue weighted by Gasteiger charge is 2.43. The normalized spacial score (nSPS) is 20.5. The molecule has 3 rings (SSSR count). The first-order valence-corrected chi connectivity index (χ1v) is 8.42. The molecule has 0 saturated heterocycles. The van der Waals surface area contributed by atoms with Crippen molar-refractivity contribution in [3.05, 3.63) is 64.7 Å². The maximum Gasteiger partial charge on any atom is 0.416 e. The van der Waals surface area contributed by atoms with Gasteiger partial charge >= 0.3 is 6.18 Å². The molecule has 146 valence electrons. The van der Waals surface area contributed by atoms with Crippen LogP contribution < -0.4 is 10.1 Å². The number of aliphatic hydroxyl groups is 1. The molecule has 0 fully saturated rings. The standard InChI is InChI=1S/C20H17F3N2O3/c1-19(2)17(26)16(14-9-11(10-24)3-8-15(14)28-19)25-18(27)12-4-6-13(7-5-12)20(21,22)23/h3-9,16-17,26H,1-2H3,(H,25,27)/t16-,17+/m1/s1. The number of benzene rings is 2. The second-order valence-electron chi connectivity index (χ2n) is 7.04. The molecule has 0 aromatic heterocycles. The summed E-state index contributed by atoms with van der Waals surface area (Å²) in [6, 6.07) is 9.51. The topological polar surface area (TPSA) is 82.3 Å². The maximum atomic E-state index is 12.7. The average molecular weight is 390 g/mol. The SMILES string of the molecule is CC1(C)Oc2ccc(C#N)cc2[C@@H](NC(=O)c2ccc(C(F)(F)F)cc2)[C@@H]1O. The van der Waals surface area contributed by atoms with Crippen LogP contribution in [-0.2, 0) is 6.18 Å². The van der Waals surface area contributed by atoms with Gasteiger partial charge in [0.2, 0.25) is 0 Å². The predicted molar refractivity (Wildman–Crippen MR) is 93.5 cm³/mol. The number of amides is 1. The van der Waals surface area contributed by atoms with Gasteiger partial charge in [0.25, 0.3) is 5.91 Å². The van der Waals surface area contributed by atoms with E-state index in [1.54, 1.807) is 26.0 Å². The molecule has 2 N–H and O–H groups in total. The smallest absolute Gasteiger partial charge is 0.416 e. The Morgan fingerprint density at radius 1 is 1.21 bits per heavy atom. The number of nitriles is 1. The molecule has 5 nitrogen and oxygen atoms in total. The molecule has 0 aliphatic carbocycles. The number of alkyl halides is 3. The second kappa shape index (κ2) is 6.84. The monoisotopic (exact) mass is 390 g/mol. The first kappa shape index (κ1) is 19.7. The van der Waals surface area contributed by atoms with Gasteiger partial charge in [-0.05, 0) is 56.3 Å². The van der Waals surface area contributed by atoms with Crippen LogP contribution in [0.5, 0.6) is 5.75 Å². The van der Waals surface area contributed by atoms with E-state index in [-0.39, 0.29) is 5.56 Å². The molecule has 1 amide bonds. The van der Waals surface area contributed by atoms with Gasteiger partial charge in [-0.2, -0.15) is 18.4 Å². The summed E-state index contributed by atoms with van der Waals surface area (Å²) in [6.45, 7) is 3.30. The molecule has 1 heterocycles. The van der Waals surface area contributed by atoms with Gasteiger partial charge in [0.15, 0.2) is 0 Å². The van der Waals surface area contributed by atoms with Crippen LogP contribution in [0.3, 0.4) is 0 Å². The summed E-state index contributed by atoms with van der Waals surface area (Å²) in [7, 11) is 0. The second-order valence-corrected chi connectivity index (χ2v) is 7.04. The van der Waals surface area contributed by atoms with Crippen molar-refractivity contribution in [3.63, 3.8) is 0 Å². The summed E-state index contributed by atoms with van der Waals surface area (Å²) < 4.78 is 43.8. The Balaban J connectivity index is 1.92. The van der Waals surface area contributed by atoms with Crippen molar-refractivity contribution in [3.8, 4) is 11.8 Å². The third kappa shape index (κ3) is 3.66. The zero-order valence-electron chi connectivity index (χ0n) is 15.0. The molecule has 8 heteroatoms. The Hall–Kier alpha value is -3.05. The van der Waals surface area contributed by atoms with Crippen molar-refractivity contribution in [1.29, 1.82) is 5.26 Å². The average Bonchev–Trinajstić information content (AvgIpc) is 2.64. The highest BCUT2D eigenvalue weighted by Crippen LogP contribution is 2.40. The van der Waals surface area contributed by atoms with Crippen molar-refractivity contribution in [1.82, 2.24) is 5.32 Å². The number of nitrogens with one attached hydrogen (secondary N) is 1. The van der Waals surface area contributed by atoms with Gasteiger partial charge in [0, 0.05) is 11.1 Å². The fourth-order valence-electron chi connectivity index (χ4n) is 3.06. The summed E-state index contributed by atoms with van der Waals surface area (Å²) in [6.07, 6.45) is -5.64. The lowest BCUT2D eigenvalue weighted by atomic mass is 9.85. The Bertz CT molecular complexity index is 947. The largest absolute Gasteiger partial charge is 0.485 e. The van der Waals surface area contributed by atoms with Crippen molar-refractivity contribution >= 4 is 5.91 Å². The van der Waals surface area contributed by atoms with Crippen LogP contribution in [0.1, 0.15) is 46.9 Å². The summed E-state index contributed by atoms with van der Waals surface area (Å²) >= 11 is 0. The van der Waals surface area contributed by atoms with Crippen LogP contribution in [0.4, 0.5) is 13.2 Å². The minimum atomic E-state index is -4.50. The van der Waals surface area contributed by atoms with Crippen LogP contribution >= 0.6 is 0 Å². The van der Waals surface area contributed by atoms with Gasteiger partial charge < -0.3 is 15.2 Å². The minimum absolute atomic E-state index is 0.0162. The van der Waals surface area contributed by atoms with Gasteiger partial charge in [-0.1, -0.05) is 0 Å². The highest BCUT2D eigenvalue weighted by molar-refractivity contribution is 5.94. The third-order valence-corrected chi connectivity index (χ3v) is 4.64. The van der Waals surface area contributed by atoms with Crippen LogP contribution in [0.25, 0.3) is 0 Å². The molecule has 2 aromatic carbocycles. The molecule has 28 heavy (non-hydrogen) atoms. The zero-order valence-corrected chi connectivity index (χ0v) is 15.0. The molecule has 0 bridgehead atoms. The lowest BCUT2D eigenvalue weighted by Gasteiger charge is -2.42. The number of carbonyl (C=O) groups excluding carboxylic acids is 1. The van der Waals surface area contributed by atoms with E-state index in [0.717, 1.165) is 24.3 Å². The van der Waals surface area contributed by atoms with Crippen LogP contribution in [-0.4, -0.2) is 22.7 Å². The lowest BCUT2D eigenvalue weighted by Crippen LogP contribution is -2.53. The Morgan fingerprint density at radius 3 is 2.43 bits per heavy atom. The molecular formula is C20H17F3N2O3. The van der Waals surface area contributed by atoms with E-state index in [4.69, 9.17) is 10.00 Å². The fraction of sp³-hybridized carbons (Fsp3) is 0.300. The highest BCUT2D eigenvalue weighted by atomic mass is 19.4. The molecule has 1 aliphatic rings. The Kier molecular flexibility index (Phi) is 4.81. The van der Waals surface area contributed by atoms with Crippen molar-refractivity contribution < 1.29 is 27.8 Å². The number of hydrogen-bond donors (Lipinski definition) is 2. The van der Waals surface area contributed by atoms with E-state index in [1.807, 2.05) is 6.07 Å². The minimum Gasteiger partial charge on any atom is -0.485 e. The Morgan fingerprint density at radius 2 is 1.86 bits per heavy atom. The van der Waals surface area contributed by atoms with Gasteiger partial charge in [-0.15, -0.1) is 0 Å². The zero-order chi connectivity index (χ0) is 20.7. The number of aliphatic hydroxyl groups excluding tert-OH is 1. The van der Waals surface area contributed by atoms with E-state index in [2.05, 4.69) is 5.32 Å². The number of ether oxygens (including phenoxy) is 1. The quantitative estimate of drug-likeness (QED) is 0.821. The Labute approximate surface area is 159 Å². The predicted octanol–water partition coefficient (Wildman–Crippen LogP) is 3.58. The van der Waals surface area contributed by atoms with Crippen LogP contribution in [0, 0.1) is 11.3 Å². The summed E-state index contributed by atoms with van der Waals surface area (Å²) in [4.78, 5) is 12.6. The molecule has 0 unspecified atom stereocenters. The maximum absolute atomic E-state index is 12.7. The molecule has 0 spiro atoms. The van der Waals surface area contributed by atoms with Gasteiger partial charge in [-0.25, -0.2) is 0 Å². The van der Waals surface area contributed by atoms with Crippen molar-refractivity contribution in [2.75, 3.05) is 0 Å². The number of carbonyl (C=O) groups is 1. The summed E-state index contributed by atoms with van der Waals surface area (Å²) in [5.74, 6) is -0.240. The first-order valence-electron chi connectivity index (χ1n) is 8.42. The summed E-state index contributed by atoms with van der Waals surface area (Å²) in [5.41, 5.74) is -1.13. The number of halogens is 3. The molecular weight excluding hydrogens is 373 g/mol. The van der Waals surface area contributed by atoms with Crippen LogP contribution in [0.15, 0.2) is 42.5 Å². The molecule has 1 aliphatic heterocycles. The van der Waals surface area contributed by atoms with Gasteiger partial charge in [0.1, 0.15) is 17.5 Å². The fourth-order valence-corrected chi connectivity index (χ4v) is 3.06. The molecule has 0 saturated carbocycles. The third-order valence-electron chi connectivity index (χ3n) is 4.64. The number of rotatable bonds is 2. The molecule has 2 atom stereocenters. The van der Waals surface area contributed by atoms with E-state index >= 15 is 0 Å². The van der Waals surface area contributed by atoms with E-state index in [0.29, 0.717) is 16.9 Å². The molecule has 0 radical (unpaired) electrons. The summed E-state index contributed by atoms with van der Waals surface area (Å²) in [5, 5.41) is 22.4. The van der Waals surface area contributed by atoms with E-state index < -0.39 is 35.4 Å². The molecule has 2 aromatic rings. The lowest BCUT2D eigenvalue weighted by molar-refractivity contribution is -0.137. The first-order chi connectivity index (χ1) is 13.0. The van der Waals surface area contributed by atoms with E-state index in [9.17, 15) is 23.1 Å². The number of hydrogen-bond acceptors (Lipinski definition) is 4. The van der Waals surface area contributed by atoms with E-state index in [1.165, 1.54) is 6.07 Å². The van der Waals surface area contributed by atoms with Crippen molar-refractivity contribution in [2.24, 2.45) is 0 Å². The number of nitrogens with zero attached hydrogens (tertiary/aromatic N) is 1.